The van der Waals surface area contributed by atoms with E-state index in [9.17, 15) is 14.3 Å². The summed E-state index contributed by atoms with van der Waals surface area (Å²) in [7, 11) is 0. The van der Waals surface area contributed by atoms with Crippen LogP contribution >= 0.6 is 0 Å². The molecule has 10 nitrogen and oxygen atoms in total. The number of hydrogen-bond donors (Lipinski definition) is 2. The highest BCUT2D eigenvalue weighted by Crippen LogP contribution is 2.25. The number of rotatable bonds is 7. The Kier molecular flexibility index (Phi) is 6.33. The van der Waals surface area contributed by atoms with Gasteiger partial charge in [0.1, 0.15) is 18.7 Å². The van der Waals surface area contributed by atoms with Crippen molar-refractivity contribution in [2.45, 2.75) is 18.6 Å². The van der Waals surface area contributed by atoms with Gasteiger partial charge in [-0.3, -0.25) is 4.79 Å². The van der Waals surface area contributed by atoms with Crippen LogP contribution in [0, 0.1) is 5.82 Å². The van der Waals surface area contributed by atoms with Crippen molar-refractivity contribution in [1.82, 2.24) is 10.1 Å². The van der Waals surface area contributed by atoms with E-state index in [1.54, 1.807) is 18.2 Å². The van der Waals surface area contributed by atoms with Crippen LogP contribution in [0.4, 0.5) is 10.1 Å². The number of oxime groups is 1. The van der Waals surface area contributed by atoms with Gasteiger partial charge in [-0.1, -0.05) is 11.2 Å². The Morgan fingerprint density at radius 3 is 2.77 bits per heavy atom. The number of piperazine rings is 1. The Morgan fingerprint density at radius 2 is 2.10 bits per heavy atom. The lowest BCUT2D eigenvalue weighted by molar-refractivity contribution is -0.142. The van der Waals surface area contributed by atoms with Crippen LogP contribution in [0.5, 0.6) is 5.88 Å². The van der Waals surface area contributed by atoms with Gasteiger partial charge in [0.2, 0.25) is 0 Å². The van der Waals surface area contributed by atoms with Gasteiger partial charge in [-0.25, -0.2) is 4.39 Å². The highest BCUT2D eigenvalue weighted by molar-refractivity contribution is 6.01. The van der Waals surface area contributed by atoms with E-state index in [4.69, 9.17) is 19.2 Å². The zero-order valence-electron chi connectivity index (χ0n) is 16.7. The maximum atomic E-state index is 14.8. The van der Waals surface area contributed by atoms with Crippen molar-refractivity contribution >= 4 is 17.3 Å². The molecule has 0 aliphatic carbocycles. The van der Waals surface area contributed by atoms with Crippen LogP contribution in [0.3, 0.4) is 0 Å². The zero-order chi connectivity index (χ0) is 21.8. The van der Waals surface area contributed by atoms with Crippen LogP contribution in [0.2, 0.25) is 0 Å². The second-order valence-electron chi connectivity index (χ2n) is 7.30. The number of halogens is 1. The van der Waals surface area contributed by atoms with Crippen molar-refractivity contribution in [2.24, 2.45) is 5.16 Å². The number of carbonyl (C=O) groups is 1. The van der Waals surface area contributed by atoms with Crippen molar-refractivity contribution in [3.05, 3.63) is 41.9 Å². The molecule has 0 spiro atoms. The molecular formula is C20H23FN4O6. The summed E-state index contributed by atoms with van der Waals surface area (Å²) in [5.41, 5.74) is 1.70. The second kappa shape index (κ2) is 9.31. The monoisotopic (exact) mass is 434 g/mol. The summed E-state index contributed by atoms with van der Waals surface area (Å²) < 4.78 is 25.0. The second-order valence-corrected chi connectivity index (χ2v) is 7.30. The number of aliphatic hydroxyl groups is 2. The normalized spacial score (nSPS) is 19.7. The summed E-state index contributed by atoms with van der Waals surface area (Å²) in [5, 5.41) is 26.1. The summed E-state index contributed by atoms with van der Waals surface area (Å²) >= 11 is 0. The molecule has 0 radical (unpaired) electrons. The molecule has 1 amide bonds. The lowest BCUT2D eigenvalue weighted by Gasteiger charge is -2.36. The Morgan fingerprint density at radius 1 is 1.29 bits per heavy atom. The minimum absolute atomic E-state index is 0.244. The first kappa shape index (κ1) is 21.1. The molecule has 2 atom stereocenters. The molecule has 0 saturated carbocycles. The molecule has 2 aliphatic rings. The van der Waals surface area contributed by atoms with E-state index in [1.165, 1.54) is 17.2 Å². The molecule has 2 N–H and O–H groups in total. The van der Waals surface area contributed by atoms with Crippen LogP contribution in [0.1, 0.15) is 12.0 Å². The van der Waals surface area contributed by atoms with Crippen LogP contribution in [-0.4, -0.2) is 83.5 Å². The minimum atomic E-state index is -1.41. The number of amides is 1. The molecule has 3 heterocycles. The third-order valence-corrected chi connectivity index (χ3v) is 5.24. The van der Waals surface area contributed by atoms with Crippen LogP contribution in [0.25, 0.3) is 0 Å². The molecule has 31 heavy (non-hydrogen) atoms. The third-order valence-electron chi connectivity index (χ3n) is 5.24. The number of anilines is 1. The number of benzene rings is 1. The van der Waals surface area contributed by atoms with Crippen molar-refractivity contribution in [3.8, 4) is 5.88 Å². The first-order valence-electron chi connectivity index (χ1n) is 9.93. The number of hydrogen-bond acceptors (Lipinski definition) is 9. The predicted molar refractivity (Wildman–Crippen MR) is 106 cm³/mol. The fourth-order valence-electron chi connectivity index (χ4n) is 3.54. The maximum Gasteiger partial charge on any atom is 0.254 e. The zero-order valence-corrected chi connectivity index (χ0v) is 16.7. The smallest absolute Gasteiger partial charge is 0.254 e. The molecule has 1 fully saturated rings. The molecule has 1 saturated heterocycles. The van der Waals surface area contributed by atoms with Gasteiger partial charge < -0.3 is 34.1 Å². The van der Waals surface area contributed by atoms with E-state index in [-0.39, 0.29) is 12.7 Å². The highest BCUT2D eigenvalue weighted by atomic mass is 19.1. The van der Waals surface area contributed by atoms with E-state index >= 15 is 0 Å². The fourth-order valence-corrected chi connectivity index (χ4v) is 3.54. The molecule has 166 valence electrons. The number of ether oxygens (including phenoxy) is 1. The largest absolute Gasteiger partial charge is 0.471 e. The van der Waals surface area contributed by atoms with Gasteiger partial charge in [-0.05, 0) is 17.3 Å². The predicted octanol–water partition coefficient (Wildman–Crippen LogP) is 0.387. The van der Waals surface area contributed by atoms with E-state index in [2.05, 4.69) is 10.3 Å². The number of aliphatic hydroxyl groups excluding tert-OH is 2. The van der Waals surface area contributed by atoms with Crippen LogP contribution in [0.15, 0.2) is 40.2 Å². The summed E-state index contributed by atoms with van der Waals surface area (Å²) in [4.78, 5) is 20.6. The van der Waals surface area contributed by atoms with Gasteiger partial charge in [0.15, 0.2) is 12.2 Å². The van der Waals surface area contributed by atoms with Gasteiger partial charge in [0, 0.05) is 44.2 Å². The summed E-state index contributed by atoms with van der Waals surface area (Å²) in [6.07, 6.45) is 0.175. The highest BCUT2D eigenvalue weighted by Gasteiger charge is 2.28. The van der Waals surface area contributed by atoms with Crippen LogP contribution < -0.4 is 9.64 Å². The maximum absolute atomic E-state index is 14.8. The first-order chi connectivity index (χ1) is 15.0. The Bertz CT molecular complexity index is 930. The van der Waals surface area contributed by atoms with E-state index in [0.717, 1.165) is 0 Å². The molecule has 0 unspecified atom stereocenters. The average Bonchev–Trinajstić information content (AvgIpc) is 3.49. The molecule has 2 aromatic rings. The quantitative estimate of drug-likeness (QED) is 0.642. The fraction of sp³-hybridized carbons (Fsp3) is 0.450. The molecule has 1 aromatic carbocycles. The Hall–Kier alpha value is -3.18. The van der Waals surface area contributed by atoms with Gasteiger partial charge in [0.05, 0.1) is 18.0 Å². The van der Waals surface area contributed by atoms with Gasteiger partial charge in [0.25, 0.3) is 11.8 Å². The lowest BCUT2D eigenvalue weighted by atomic mass is 10.0. The summed E-state index contributed by atoms with van der Waals surface area (Å²) in [6, 6.07) is 6.49. The molecule has 2 aliphatic heterocycles. The average molecular weight is 434 g/mol. The van der Waals surface area contributed by atoms with Gasteiger partial charge >= 0.3 is 0 Å². The number of nitrogens with zero attached hydrogens (tertiary/aromatic N) is 4. The summed E-state index contributed by atoms with van der Waals surface area (Å²) in [6.45, 7) is 1.15. The molecule has 4 rings (SSSR count). The Balaban J connectivity index is 1.32. The standard InChI is InChI=1S/C20H23FN4O6/c21-15-9-13(16-10-14(31-22-16)12-29-19-3-8-30-23-19)1-2-17(15)24-4-6-25(7-5-24)20(28)18(27)11-26/h1-3,8-9,14,18,26-27H,4-7,10-12H2/t14-,18-/m0/s1. The SMILES string of the molecule is O=C([C@@H](O)CO)N1CCN(c2ccc(C3=NO[C@H](COc4ccon4)C3)cc2F)CC1. The minimum Gasteiger partial charge on any atom is -0.471 e. The van der Waals surface area contributed by atoms with E-state index in [1.807, 2.05) is 4.90 Å². The van der Waals surface area contributed by atoms with Crippen LogP contribution in [-0.2, 0) is 9.63 Å². The third kappa shape index (κ3) is 4.78. The van der Waals surface area contributed by atoms with E-state index in [0.29, 0.717) is 55.4 Å². The molecule has 11 heteroatoms. The summed E-state index contributed by atoms with van der Waals surface area (Å²) in [5.74, 6) is -0.544. The number of carbonyl (C=O) groups excluding carboxylic acids is 1. The van der Waals surface area contributed by atoms with Crippen molar-refractivity contribution < 1.29 is 33.5 Å². The van der Waals surface area contributed by atoms with Gasteiger partial charge in [-0.2, -0.15) is 0 Å². The van der Waals surface area contributed by atoms with Gasteiger partial charge in [-0.15, -0.1) is 0 Å². The van der Waals surface area contributed by atoms with Crippen molar-refractivity contribution in [1.29, 1.82) is 0 Å². The van der Waals surface area contributed by atoms with E-state index < -0.39 is 24.4 Å². The van der Waals surface area contributed by atoms with Crippen molar-refractivity contribution in [3.63, 3.8) is 0 Å². The topological polar surface area (TPSA) is 121 Å². The molecular weight excluding hydrogens is 411 g/mol. The first-order valence-corrected chi connectivity index (χ1v) is 9.93. The number of aromatic nitrogens is 1. The molecule has 0 bridgehead atoms. The molecule has 1 aromatic heterocycles. The lowest BCUT2D eigenvalue weighted by Crippen LogP contribution is -2.52. The Labute approximate surface area is 177 Å². The van der Waals surface area contributed by atoms with Crippen molar-refractivity contribution in [2.75, 3.05) is 44.3 Å².